The monoisotopic (exact) mass is 296 g/mol. The number of esters is 1. The van der Waals surface area contributed by atoms with E-state index < -0.39 is 5.97 Å². The van der Waals surface area contributed by atoms with Crippen LogP contribution in [0.15, 0.2) is 30.3 Å². The van der Waals surface area contributed by atoms with Gasteiger partial charge < -0.3 is 9.72 Å². The van der Waals surface area contributed by atoms with Gasteiger partial charge in [0.15, 0.2) is 5.69 Å². The maximum Gasteiger partial charge on any atom is 0.359 e. The molecule has 0 unspecified atom stereocenters. The first-order valence-electron chi connectivity index (χ1n) is 7.26. The molecule has 1 aromatic heterocycles. The summed E-state index contributed by atoms with van der Waals surface area (Å²) in [7, 11) is 0. The minimum Gasteiger partial charge on any atom is -0.461 e. The van der Waals surface area contributed by atoms with E-state index in [1.165, 1.54) is 0 Å². The zero-order valence-electron chi connectivity index (χ0n) is 13.4. The average molecular weight is 296 g/mol. The number of rotatable bonds is 2. The van der Waals surface area contributed by atoms with Crippen LogP contribution in [0.3, 0.4) is 0 Å². The number of carbonyl (C=O) groups excluding carboxylic acids is 1. The second-order valence-electron chi connectivity index (χ2n) is 5.90. The van der Waals surface area contributed by atoms with E-state index in [-0.39, 0.29) is 11.1 Å². The Morgan fingerprint density at radius 2 is 1.91 bits per heavy atom. The Bertz CT molecular complexity index is 713. The van der Waals surface area contributed by atoms with Crippen molar-refractivity contribution in [1.29, 1.82) is 0 Å². The predicted molar refractivity (Wildman–Crippen MR) is 85.7 cm³/mol. The van der Waals surface area contributed by atoms with E-state index in [1.807, 2.05) is 51.1 Å². The van der Waals surface area contributed by atoms with Crippen molar-refractivity contribution in [3.63, 3.8) is 0 Å². The van der Waals surface area contributed by atoms with Crippen LogP contribution in [-0.4, -0.2) is 22.5 Å². The highest BCUT2D eigenvalue weighted by Crippen LogP contribution is 2.21. The molecule has 4 heteroatoms. The summed E-state index contributed by atoms with van der Waals surface area (Å²) in [4.78, 5) is 19.6. The molecule has 0 fully saturated rings. The summed E-state index contributed by atoms with van der Waals surface area (Å²) >= 11 is 0. The number of H-pyrrole nitrogens is 1. The van der Waals surface area contributed by atoms with Gasteiger partial charge in [0, 0.05) is 11.0 Å². The third-order valence-electron chi connectivity index (χ3n) is 2.99. The van der Waals surface area contributed by atoms with Gasteiger partial charge in [-0.1, -0.05) is 44.9 Å². The highest BCUT2D eigenvalue weighted by Gasteiger charge is 2.24. The van der Waals surface area contributed by atoms with Gasteiger partial charge in [-0.3, -0.25) is 0 Å². The van der Waals surface area contributed by atoms with E-state index in [2.05, 4.69) is 21.8 Å². The quantitative estimate of drug-likeness (QED) is 0.683. The first-order chi connectivity index (χ1) is 10.4. The van der Waals surface area contributed by atoms with E-state index >= 15 is 0 Å². The molecule has 4 nitrogen and oxygen atoms in total. The van der Waals surface area contributed by atoms with E-state index in [1.54, 1.807) is 6.92 Å². The summed E-state index contributed by atoms with van der Waals surface area (Å²) in [5.74, 6) is 6.29. The number of benzene rings is 1. The number of hydrogen-bond acceptors (Lipinski definition) is 3. The van der Waals surface area contributed by atoms with Gasteiger partial charge in [-0.2, -0.15) is 0 Å². The van der Waals surface area contributed by atoms with Crippen LogP contribution in [0.1, 0.15) is 55.3 Å². The van der Waals surface area contributed by atoms with Crippen molar-refractivity contribution >= 4 is 5.97 Å². The molecule has 0 saturated carbocycles. The summed E-state index contributed by atoms with van der Waals surface area (Å²) < 4.78 is 5.06. The molecule has 0 spiro atoms. The Hall–Kier alpha value is -2.54. The highest BCUT2D eigenvalue weighted by atomic mass is 16.5. The standard InChI is InChI=1S/C18H20N2O2/c1-5-22-16(21)15-14(19-17(20-15)18(2,3)4)12-11-13-9-7-6-8-10-13/h6-10H,5H2,1-4H3,(H,19,20). The van der Waals surface area contributed by atoms with Crippen molar-refractivity contribution < 1.29 is 9.53 Å². The van der Waals surface area contributed by atoms with Gasteiger partial charge in [0.1, 0.15) is 11.5 Å². The molecule has 0 atom stereocenters. The lowest BCUT2D eigenvalue weighted by molar-refractivity contribution is 0.0519. The van der Waals surface area contributed by atoms with Crippen molar-refractivity contribution in [3.8, 4) is 11.8 Å². The molecule has 0 aliphatic rings. The van der Waals surface area contributed by atoms with E-state index in [4.69, 9.17) is 4.74 Å². The van der Waals surface area contributed by atoms with Crippen molar-refractivity contribution in [2.24, 2.45) is 0 Å². The second-order valence-corrected chi connectivity index (χ2v) is 5.90. The number of hydrogen-bond donors (Lipinski definition) is 1. The molecular weight excluding hydrogens is 276 g/mol. The first kappa shape index (κ1) is 15.8. The molecule has 22 heavy (non-hydrogen) atoms. The lowest BCUT2D eigenvalue weighted by atomic mass is 9.96. The normalized spacial score (nSPS) is 10.7. The molecular formula is C18H20N2O2. The molecule has 114 valence electrons. The van der Waals surface area contributed by atoms with Crippen molar-refractivity contribution in [1.82, 2.24) is 9.97 Å². The molecule has 2 rings (SSSR count). The summed E-state index contributed by atoms with van der Waals surface area (Å²) in [6.07, 6.45) is 0. The Morgan fingerprint density at radius 3 is 2.50 bits per heavy atom. The molecule has 0 bridgehead atoms. The average Bonchev–Trinajstić information content (AvgIpc) is 2.91. The van der Waals surface area contributed by atoms with Crippen LogP contribution in [0, 0.1) is 11.8 Å². The summed E-state index contributed by atoms with van der Waals surface area (Å²) in [5.41, 5.74) is 1.42. The van der Waals surface area contributed by atoms with Crippen LogP contribution in [0.25, 0.3) is 0 Å². The number of nitrogens with zero attached hydrogens (tertiary/aromatic N) is 1. The van der Waals surface area contributed by atoms with E-state index in [9.17, 15) is 4.79 Å². The zero-order chi connectivity index (χ0) is 16.2. The first-order valence-corrected chi connectivity index (χ1v) is 7.26. The van der Waals surface area contributed by atoms with Gasteiger partial charge in [-0.05, 0) is 25.0 Å². The number of nitrogens with one attached hydrogen (secondary N) is 1. The highest BCUT2D eigenvalue weighted by molar-refractivity contribution is 5.89. The molecule has 1 N–H and O–H groups in total. The number of carbonyl (C=O) groups is 1. The number of aromatic nitrogens is 2. The van der Waals surface area contributed by atoms with E-state index in [0.717, 1.165) is 5.56 Å². The second kappa shape index (κ2) is 6.48. The van der Waals surface area contributed by atoms with Crippen LogP contribution in [0.2, 0.25) is 0 Å². The molecule has 2 aromatic rings. The lowest BCUT2D eigenvalue weighted by Crippen LogP contribution is -2.14. The van der Waals surface area contributed by atoms with Gasteiger partial charge in [0.05, 0.1) is 6.61 Å². The molecule has 0 aliphatic carbocycles. The van der Waals surface area contributed by atoms with Crippen molar-refractivity contribution in [3.05, 3.63) is 53.1 Å². The smallest absolute Gasteiger partial charge is 0.359 e. The van der Waals surface area contributed by atoms with Crippen LogP contribution in [-0.2, 0) is 10.2 Å². The molecule has 0 amide bonds. The van der Waals surface area contributed by atoms with Gasteiger partial charge >= 0.3 is 5.97 Å². The van der Waals surface area contributed by atoms with Crippen LogP contribution >= 0.6 is 0 Å². The van der Waals surface area contributed by atoms with Crippen molar-refractivity contribution in [2.75, 3.05) is 6.61 Å². The van der Waals surface area contributed by atoms with E-state index in [0.29, 0.717) is 18.1 Å². The Labute approximate surface area is 130 Å². The predicted octanol–water partition coefficient (Wildman–Crippen LogP) is 3.28. The van der Waals surface area contributed by atoms with Gasteiger partial charge in [0.2, 0.25) is 0 Å². The maximum atomic E-state index is 12.0. The Morgan fingerprint density at radius 1 is 1.23 bits per heavy atom. The topological polar surface area (TPSA) is 55.0 Å². The maximum absolute atomic E-state index is 12.0. The summed E-state index contributed by atoms with van der Waals surface area (Å²) in [6.45, 7) is 8.14. The van der Waals surface area contributed by atoms with Crippen LogP contribution < -0.4 is 0 Å². The minimum atomic E-state index is -0.452. The van der Waals surface area contributed by atoms with Crippen LogP contribution in [0.5, 0.6) is 0 Å². The SMILES string of the molecule is CCOC(=O)c1nc(C(C)(C)C)[nH]c1C#Cc1ccccc1. The number of ether oxygens (including phenoxy) is 1. The minimum absolute atomic E-state index is 0.200. The van der Waals surface area contributed by atoms with Gasteiger partial charge in [0.25, 0.3) is 0 Å². The summed E-state index contributed by atoms with van der Waals surface area (Å²) in [6, 6.07) is 9.60. The largest absolute Gasteiger partial charge is 0.461 e. The molecule has 1 aromatic carbocycles. The molecule has 0 saturated heterocycles. The molecule has 0 radical (unpaired) electrons. The van der Waals surface area contributed by atoms with Crippen molar-refractivity contribution in [2.45, 2.75) is 33.1 Å². The number of imidazole rings is 1. The van der Waals surface area contributed by atoms with Crippen LogP contribution in [0.4, 0.5) is 0 Å². The zero-order valence-corrected chi connectivity index (χ0v) is 13.4. The van der Waals surface area contributed by atoms with Gasteiger partial charge in [-0.15, -0.1) is 0 Å². The lowest BCUT2D eigenvalue weighted by Gasteiger charge is -2.13. The molecule has 0 aliphatic heterocycles. The molecule has 1 heterocycles. The third-order valence-corrected chi connectivity index (χ3v) is 2.99. The fourth-order valence-electron chi connectivity index (χ4n) is 1.82. The third kappa shape index (κ3) is 3.76. The fourth-order valence-corrected chi connectivity index (χ4v) is 1.82. The number of aromatic amines is 1. The Balaban J connectivity index is 2.43. The summed E-state index contributed by atoms with van der Waals surface area (Å²) in [5, 5.41) is 0. The fraction of sp³-hybridized carbons (Fsp3) is 0.333. The Kier molecular flexibility index (Phi) is 4.67. The van der Waals surface area contributed by atoms with Gasteiger partial charge in [-0.25, -0.2) is 9.78 Å².